The second-order valence-corrected chi connectivity index (χ2v) is 10.9. The van der Waals surface area contributed by atoms with Crippen molar-refractivity contribution in [2.45, 2.75) is 64.1 Å². The minimum atomic E-state index is -3.81. The zero-order valence-electron chi connectivity index (χ0n) is 19.3. The highest BCUT2D eigenvalue weighted by atomic mass is 32.2. The third kappa shape index (κ3) is 7.08. The van der Waals surface area contributed by atoms with Crippen molar-refractivity contribution >= 4 is 28.0 Å². The van der Waals surface area contributed by atoms with Crippen LogP contribution in [0.2, 0.25) is 0 Å². The monoisotopic (exact) mass is 482 g/mol. The molecule has 1 aromatic carbocycles. The molecule has 2 fully saturated rings. The predicted molar refractivity (Wildman–Crippen MR) is 118 cm³/mol. The van der Waals surface area contributed by atoms with Gasteiger partial charge in [-0.25, -0.2) is 4.79 Å². The van der Waals surface area contributed by atoms with Gasteiger partial charge in [0.2, 0.25) is 5.91 Å². The fourth-order valence-corrected chi connectivity index (χ4v) is 4.28. The number of carbonyl (C=O) groups is 3. The number of amides is 3. The molecule has 0 radical (unpaired) electrons. The molecule has 1 atom stereocenters. The molecule has 3 rings (SSSR count). The molecule has 3 amide bonds. The maximum Gasteiger partial charge on any atom is 0.410 e. The molecule has 2 aliphatic rings. The molecule has 2 heterocycles. The minimum Gasteiger partial charge on any atom is -0.480 e. The summed E-state index contributed by atoms with van der Waals surface area (Å²) in [5.41, 5.74) is 0.0999. The normalized spacial score (nSPS) is 20.2. The molecular weight excluding hydrogens is 452 g/mol. The van der Waals surface area contributed by atoms with Crippen molar-refractivity contribution in [3.05, 3.63) is 23.8 Å². The lowest BCUT2D eigenvalue weighted by Crippen LogP contribution is -2.46. The summed E-state index contributed by atoms with van der Waals surface area (Å²) >= 11 is 0. The van der Waals surface area contributed by atoms with Crippen molar-refractivity contribution in [1.29, 1.82) is 0 Å². The summed E-state index contributed by atoms with van der Waals surface area (Å²) in [6.45, 7) is 6.36. The Kier molecular flexibility index (Phi) is 7.20. The van der Waals surface area contributed by atoms with Gasteiger partial charge in [-0.1, -0.05) is 6.07 Å². The summed E-state index contributed by atoms with van der Waals surface area (Å²) in [6, 6.07) is 4.81. The van der Waals surface area contributed by atoms with Crippen LogP contribution < -0.4 is 14.2 Å². The van der Waals surface area contributed by atoms with Crippen LogP contribution in [0.5, 0.6) is 11.5 Å². The standard InChI is InChI=1S/C22H30N2O8S/c1-22(2,3)31-21(27)24-11-9-14(10-12-24)16-6-5-15(13-18(16)32-33(4,28)29)30-17-7-8-19(25)23-20(17)26/h5-6,13-14,17H,7-12H2,1-4H3,(H,23,25,26). The first kappa shape index (κ1) is 24.8. The van der Waals surface area contributed by atoms with Gasteiger partial charge in [0.15, 0.2) is 6.10 Å². The van der Waals surface area contributed by atoms with E-state index in [0.29, 0.717) is 31.5 Å². The highest BCUT2D eigenvalue weighted by Gasteiger charge is 2.31. The summed E-state index contributed by atoms with van der Waals surface area (Å²) in [7, 11) is -3.81. The van der Waals surface area contributed by atoms with Gasteiger partial charge in [0.25, 0.3) is 5.91 Å². The molecule has 182 valence electrons. The Hall–Kier alpha value is -2.82. The lowest BCUT2D eigenvalue weighted by atomic mass is 9.89. The zero-order valence-corrected chi connectivity index (χ0v) is 20.1. The molecule has 1 unspecified atom stereocenters. The highest BCUT2D eigenvalue weighted by molar-refractivity contribution is 7.86. The quantitative estimate of drug-likeness (QED) is 0.500. The van der Waals surface area contributed by atoms with Crippen LogP contribution in [0, 0.1) is 0 Å². The van der Waals surface area contributed by atoms with Gasteiger partial charge in [0.05, 0.1) is 6.26 Å². The number of nitrogens with one attached hydrogen (secondary N) is 1. The second kappa shape index (κ2) is 9.58. The molecule has 2 saturated heterocycles. The number of hydrogen-bond donors (Lipinski definition) is 1. The van der Waals surface area contributed by atoms with E-state index in [2.05, 4.69) is 5.32 Å². The van der Waals surface area contributed by atoms with Crippen molar-refractivity contribution in [2.24, 2.45) is 0 Å². The molecular formula is C22H30N2O8S. The van der Waals surface area contributed by atoms with E-state index >= 15 is 0 Å². The minimum absolute atomic E-state index is 0.0370. The fourth-order valence-electron chi connectivity index (χ4n) is 3.81. The van der Waals surface area contributed by atoms with Crippen LogP contribution in [0.15, 0.2) is 18.2 Å². The third-order valence-electron chi connectivity index (χ3n) is 5.28. The number of hydrogen-bond acceptors (Lipinski definition) is 8. The van der Waals surface area contributed by atoms with E-state index in [1.165, 1.54) is 6.07 Å². The molecule has 0 saturated carbocycles. The third-order valence-corrected chi connectivity index (χ3v) is 5.76. The molecule has 0 aliphatic carbocycles. The van der Waals surface area contributed by atoms with E-state index in [4.69, 9.17) is 13.7 Å². The number of likely N-dealkylation sites (tertiary alicyclic amines) is 1. The zero-order chi connectivity index (χ0) is 24.4. The Morgan fingerprint density at radius 1 is 1.12 bits per heavy atom. The number of ether oxygens (including phenoxy) is 2. The van der Waals surface area contributed by atoms with E-state index < -0.39 is 27.7 Å². The van der Waals surface area contributed by atoms with Gasteiger partial charge < -0.3 is 18.6 Å². The number of imide groups is 1. The highest BCUT2D eigenvalue weighted by Crippen LogP contribution is 2.37. The fraction of sp³-hybridized carbons (Fsp3) is 0.591. The Balaban J connectivity index is 1.74. The summed E-state index contributed by atoms with van der Waals surface area (Å²) < 4.78 is 40.1. The van der Waals surface area contributed by atoms with Crippen molar-refractivity contribution < 1.29 is 36.5 Å². The number of piperidine rings is 2. The second-order valence-electron chi connectivity index (χ2n) is 9.29. The van der Waals surface area contributed by atoms with Crippen molar-refractivity contribution in [3.63, 3.8) is 0 Å². The van der Waals surface area contributed by atoms with E-state index in [1.54, 1.807) is 17.0 Å². The SMILES string of the molecule is CC(C)(C)OC(=O)N1CCC(c2ccc(OC3CCC(=O)NC3=O)cc2OS(C)(=O)=O)CC1. The summed E-state index contributed by atoms with van der Waals surface area (Å²) in [5, 5.41) is 2.22. The Bertz CT molecular complexity index is 1020. The summed E-state index contributed by atoms with van der Waals surface area (Å²) in [5.74, 6) is -0.536. The van der Waals surface area contributed by atoms with Crippen LogP contribution in [-0.4, -0.2) is 62.3 Å². The molecule has 1 N–H and O–H groups in total. The first-order valence-electron chi connectivity index (χ1n) is 10.8. The van der Waals surface area contributed by atoms with Crippen molar-refractivity contribution in [1.82, 2.24) is 10.2 Å². The molecule has 1 aromatic rings. The summed E-state index contributed by atoms with van der Waals surface area (Å²) in [6.07, 6.45) is 1.34. The van der Waals surface area contributed by atoms with Crippen LogP contribution in [0.25, 0.3) is 0 Å². The molecule has 2 aliphatic heterocycles. The first-order valence-corrected chi connectivity index (χ1v) is 12.6. The maximum absolute atomic E-state index is 12.3. The van der Waals surface area contributed by atoms with Gasteiger partial charge in [0, 0.05) is 32.0 Å². The number of benzene rings is 1. The average Bonchev–Trinajstić information content (AvgIpc) is 2.68. The van der Waals surface area contributed by atoms with Gasteiger partial charge in [-0.3, -0.25) is 14.9 Å². The first-order chi connectivity index (χ1) is 15.3. The van der Waals surface area contributed by atoms with E-state index in [0.717, 1.165) is 6.26 Å². The Morgan fingerprint density at radius 2 is 1.79 bits per heavy atom. The molecule has 11 heteroatoms. The van der Waals surface area contributed by atoms with Crippen LogP contribution in [0.1, 0.15) is 57.9 Å². The summed E-state index contributed by atoms with van der Waals surface area (Å²) in [4.78, 5) is 37.3. The molecule has 33 heavy (non-hydrogen) atoms. The van der Waals surface area contributed by atoms with Crippen LogP contribution >= 0.6 is 0 Å². The predicted octanol–water partition coefficient (Wildman–Crippen LogP) is 2.32. The van der Waals surface area contributed by atoms with Gasteiger partial charge in [-0.2, -0.15) is 8.42 Å². The number of nitrogens with zero attached hydrogens (tertiary/aromatic N) is 1. The van der Waals surface area contributed by atoms with Gasteiger partial charge in [-0.15, -0.1) is 0 Å². The van der Waals surface area contributed by atoms with E-state index in [1.807, 2.05) is 20.8 Å². The topological polar surface area (TPSA) is 128 Å². The molecule has 10 nitrogen and oxygen atoms in total. The Morgan fingerprint density at radius 3 is 2.36 bits per heavy atom. The van der Waals surface area contributed by atoms with Crippen molar-refractivity contribution in [3.8, 4) is 11.5 Å². The molecule has 0 bridgehead atoms. The molecule has 0 aromatic heterocycles. The van der Waals surface area contributed by atoms with Crippen LogP contribution in [-0.2, 0) is 24.4 Å². The van der Waals surface area contributed by atoms with Crippen LogP contribution in [0.4, 0.5) is 4.79 Å². The van der Waals surface area contributed by atoms with E-state index in [9.17, 15) is 22.8 Å². The lowest BCUT2D eigenvalue weighted by molar-refractivity contribution is -0.138. The average molecular weight is 483 g/mol. The van der Waals surface area contributed by atoms with Gasteiger partial charge in [0.1, 0.15) is 17.1 Å². The number of carbonyl (C=O) groups excluding carboxylic acids is 3. The van der Waals surface area contributed by atoms with Gasteiger partial charge >= 0.3 is 16.2 Å². The van der Waals surface area contributed by atoms with Crippen molar-refractivity contribution in [2.75, 3.05) is 19.3 Å². The van der Waals surface area contributed by atoms with E-state index in [-0.39, 0.29) is 42.3 Å². The van der Waals surface area contributed by atoms with Crippen LogP contribution in [0.3, 0.4) is 0 Å². The Labute approximate surface area is 193 Å². The van der Waals surface area contributed by atoms with Gasteiger partial charge in [-0.05, 0) is 51.2 Å². The maximum atomic E-state index is 12.3. The molecule has 0 spiro atoms. The number of rotatable bonds is 5. The smallest absolute Gasteiger partial charge is 0.410 e. The largest absolute Gasteiger partial charge is 0.480 e. The lowest BCUT2D eigenvalue weighted by Gasteiger charge is -2.34.